The SMILES string of the molecule is COc1ccc(C(=O)N(Cc2ccco2)Cc2ccccc2O)cc1[N+](=O)[O-]. The van der Waals surface area contributed by atoms with Gasteiger partial charge in [0.1, 0.15) is 11.5 Å². The molecule has 0 atom stereocenters. The maximum absolute atomic E-state index is 13.1. The number of nitro benzene ring substituents is 1. The lowest BCUT2D eigenvalue weighted by atomic mass is 10.1. The third-order valence-corrected chi connectivity index (χ3v) is 4.19. The zero-order valence-electron chi connectivity index (χ0n) is 15.1. The highest BCUT2D eigenvalue weighted by Crippen LogP contribution is 2.29. The van der Waals surface area contributed by atoms with Crippen LogP contribution in [0.5, 0.6) is 11.5 Å². The number of ether oxygens (including phenoxy) is 1. The van der Waals surface area contributed by atoms with Crippen LogP contribution in [0.15, 0.2) is 65.3 Å². The molecule has 1 heterocycles. The van der Waals surface area contributed by atoms with E-state index in [9.17, 15) is 20.0 Å². The summed E-state index contributed by atoms with van der Waals surface area (Å²) in [5, 5.41) is 21.3. The van der Waals surface area contributed by atoms with E-state index in [1.54, 1.807) is 30.3 Å². The number of aromatic hydroxyl groups is 1. The Hall–Kier alpha value is -3.81. The first-order chi connectivity index (χ1) is 13.5. The first-order valence-corrected chi connectivity index (χ1v) is 8.40. The van der Waals surface area contributed by atoms with Gasteiger partial charge in [-0.25, -0.2) is 0 Å². The molecule has 3 aromatic rings. The first-order valence-electron chi connectivity index (χ1n) is 8.40. The quantitative estimate of drug-likeness (QED) is 0.493. The van der Waals surface area contributed by atoms with Crippen LogP contribution in [0.2, 0.25) is 0 Å². The second-order valence-electron chi connectivity index (χ2n) is 6.01. The maximum Gasteiger partial charge on any atom is 0.311 e. The Labute approximate surface area is 160 Å². The molecule has 3 rings (SSSR count). The average Bonchev–Trinajstić information content (AvgIpc) is 3.21. The fourth-order valence-electron chi connectivity index (χ4n) is 2.79. The number of phenols is 1. The molecule has 1 aromatic heterocycles. The molecule has 0 saturated carbocycles. The van der Waals surface area contributed by atoms with Gasteiger partial charge in [0.15, 0.2) is 5.75 Å². The number of para-hydroxylation sites is 1. The van der Waals surface area contributed by atoms with E-state index in [0.29, 0.717) is 11.3 Å². The minimum Gasteiger partial charge on any atom is -0.508 e. The molecule has 28 heavy (non-hydrogen) atoms. The number of phenolic OH excluding ortho intramolecular Hbond substituents is 1. The molecule has 0 unspecified atom stereocenters. The van der Waals surface area contributed by atoms with E-state index in [1.165, 1.54) is 42.5 Å². The van der Waals surface area contributed by atoms with Crippen molar-refractivity contribution >= 4 is 11.6 Å². The molecular formula is C20H18N2O6. The van der Waals surface area contributed by atoms with Crippen molar-refractivity contribution in [2.45, 2.75) is 13.1 Å². The van der Waals surface area contributed by atoms with E-state index >= 15 is 0 Å². The minimum absolute atomic E-state index is 0.0560. The van der Waals surface area contributed by atoms with E-state index in [4.69, 9.17) is 9.15 Å². The Bertz CT molecular complexity index is 984. The number of hydrogen-bond donors (Lipinski definition) is 1. The van der Waals surface area contributed by atoms with Gasteiger partial charge in [0.2, 0.25) is 0 Å². The van der Waals surface area contributed by atoms with Crippen molar-refractivity contribution in [1.82, 2.24) is 4.90 Å². The van der Waals surface area contributed by atoms with Crippen LogP contribution in [0.25, 0.3) is 0 Å². The Morgan fingerprint density at radius 2 is 1.96 bits per heavy atom. The van der Waals surface area contributed by atoms with Gasteiger partial charge in [0.25, 0.3) is 5.91 Å². The molecule has 0 aliphatic rings. The molecule has 0 saturated heterocycles. The highest BCUT2D eigenvalue weighted by atomic mass is 16.6. The van der Waals surface area contributed by atoms with Gasteiger partial charge in [-0.2, -0.15) is 0 Å². The second-order valence-corrected chi connectivity index (χ2v) is 6.01. The molecule has 144 valence electrons. The Kier molecular flexibility index (Phi) is 5.59. The van der Waals surface area contributed by atoms with Gasteiger partial charge in [-0.05, 0) is 30.3 Å². The van der Waals surface area contributed by atoms with Gasteiger partial charge < -0.3 is 19.2 Å². The molecule has 8 heteroatoms. The summed E-state index contributed by atoms with van der Waals surface area (Å²) >= 11 is 0. The monoisotopic (exact) mass is 382 g/mol. The predicted octanol–water partition coefficient (Wildman–Crippen LogP) is 3.74. The summed E-state index contributed by atoms with van der Waals surface area (Å²) in [6.07, 6.45) is 1.50. The molecule has 1 amide bonds. The molecule has 0 bridgehead atoms. The van der Waals surface area contributed by atoms with Crippen LogP contribution in [0.4, 0.5) is 5.69 Å². The van der Waals surface area contributed by atoms with Crippen LogP contribution in [-0.4, -0.2) is 27.9 Å². The van der Waals surface area contributed by atoms with Crippen molar-refractivity contribution in [2.24, 2.45) is 0 Å². The summed E-state index contributed by atoms with van der Waals surface area (Å²) in [4.78, 5) is 25.2. The highest BCUT2D eigenvalue weighted by Gasteiger charge is 2.23. The fraction of sp³-hybridized carbons (Fsp3) is 0.150. The average molecular weight is 382 g/mol. The summed E-state index contributed by atoms with van der Waals surface area (Å²) in [5.74, 6) is 0.234. The van der Waals surface area contributed by atoms with Gasteiger partial charge >= 0.3 is 5.69 Å². The van der Waals surface area contributed by atoms with E-state index < -0.39 is 10.8 Å². The molecule has 0 aliphatic heterocycles. The Morgan fingerprint density at radius 1 is 1.18 bits per heavy atom. The standard InChI is InChI=1S/C20H18N2O6/c1-27-19-9-8-14(11-17(19)22(25)26)20(24)21(13-16-6-4-10-28-16)12-15-5-2-3-7-18(15)23/h2-11,23H,12-13H2,1H3. The highest BCUT2D eigenvalue weighted by molar-refractivity contribution is 5.95. The lowest BCUT2D eigenvalue weighted by Crippen LogP contribution is -2.30. The summed E-state index contributed by atoms with van der Waals surface area (Å²) in [7, 11) is 1.32. The molecular weight excluding hydrogens is 364 g/mol. The number of amides is 1. The number of methoxy groups -OCH3 is 1. The van der Waals surface area contributed by atoms with E-state index in [2.05, 4.69) is 0 Å². The minimum atomic E-state index is -0.602. The molecule has 0 spiro atoms. The van der Waals surface area contributed by atoms with Crippen LogP contribution in [-0.2, 0) is 13.1 Å². The molecule has 0 aliphatic carbocycles. The third-order valence-electron chi connectivity index (χ3n) is 4.19. The van der Waals surface area contributed by atoms with E-state index in [0.717, 1.165) is 0 Å². The molecule has 0 fully saturated rings. The predicted molar refractivity (Wildman–Crippen MR) is 100 cm³/mol. The van der Waals surface area contributed by atoms with Crippen molar-refractivity contribution in [2.75, 3.05) is 7.11 Å². The number of hydrogen-bond acceptors (Lipinski definition) is 6. The second kappa shape index (κ2) is 8.26. The zero-order valence-corrected chi connectivity index (χ0v) is 15.1. The van der Waals surface area contributed by atoms with Crippen LogP contribution >= 0.6 is 0 Å². The van der Waals surface area contributed by atoms with Gasteiger partial charge in [-0.1, -0.05) is 18.2 Å². The lowest BCUT2D eigenvalue weighted by molar-refractivity contribution is -0.385. The first kappa shape index (κ1) is 19.0. The molecule has 1 N–H and O–H groups in total. The zero-order chi connectivity index (χ0) is 20.1. The Balaban J connectivity index is 1.95. The van der Waals surface area contributed by atoms with Crippen LogP contribution in [0.1, 0.15) is 21.7 Å². The van der Waals surface area contributed by atoms with Crippen LogP contribution < -0.4 is 4.74 Å². The smallest absolute Gasteiger partial charge is 0.311 e. The maximum atomic E-state index is 13.1. The summed E-state index contributed by atoms with van der Waals surface area (Å²) in [6, 6.07) is 14.1. The molecule has 2 aromatic carbocycles. The van der Waals surface area contributed by atoms with Gasteiger partial charge in [0.05, 0.1) is 31.4 Å². The van der Waals surface area contributed by atoms with Gasteiger partial charge in [-0.3, -0.25) is 14.9 Å². The summed E-state index contributed by atoms with van der Waals surface area (Å²) < 4.78 is 10.3. The van der Waals surface area contributed by atoms with Crippen LogP contribution in [0, 0.1) is 10.1 Å². The number of benzene rings is 2. The van der Waals surface area contributed by atoms with E-state index in [-0.39, 0.29) is 35.8 Å². The van der Waals surface area contributed by atoms with Crippen LogP contribution in [0.3, 0.4) is 0 Å². The van der Waals surface area contributed by atoms with Crippen molar-refractivity contribution in [3.8, 4) is 11.5 Å². The third kappa shape index (κ3) is 4.12. The summed E-state index contributed by atoms with van der Waals surface area (Å²) in [5.41, 5.74) is 0.383. The number of nitrogens with zero attached hydrogens (tertiary/aromatic N) is 2. The number of carbonyl (C=O) groups is 1. The molecule has 8 nitrogen and oxygen atoms in total. The molecule has 0 radical (unpaired) electrons. The number of furan rings is 1. The topological polar surface area (TPSA) is 106 Å². The fourth-order valence-corrected chi connectivity index (χ4v) is 2.79. The lowest BCUT2D eigenvalue weighted by Gasteiger charge is -2.22. The van der Waals surface area contributed by atoms with Gasteiger partial charge in [0, 0.05) is 17.2 Å². The Morgan fingerprint density at radius 3 is 2.61 bits per heavy atom. The number of carbonyl (C=O) groups excluding carboxylic acids is 1. The summed E-state index contributed by atoms with van der Waals surface area (Å²) in [6.45, 7) is 0.242. The number of rotatable bonds is 7. The largest absolute Gasteiger partial charge is 0.508 e. The van der Waals surface area contributed by atoms with E-state index in [1.807, 2.05) is 0 Å². The normalized spacial score (nSPS) is 10.5. The van der Waals surface area contributed by atoms with Crippen molar-refractivity contribution in [1.29, 1.82) is 0 Å². The van der Waals surface area contributed by atoms with Crippen molar-refractivity contribution in [3.63, 3.8) is 0 Å². The number of nitro groups is 1. The van der Waals surface area contributed by atoms with Crippen molar-refractivity contribution in [3.05, 3.63) is 87.9 Å². The van der Waals surface area contributed by atoms with Gasteiger partial charge in [-0.15, -0.1) is 0 Å². The van der Waals surface area contributed by atoms with Crippen molar-refractivity contribution < 1.29 is 24.0 Å².